The number of hydrogen-bond donors (Lipinski definition) is 2. The minimum Gasteiger partial charge on any atom is -0.333 e. The van der Waals surface area contributed by atoms with Gasteiger partial charge < -0.3 is 9.88 Å². The van der Waals surface area contributed by atoms with Crippen molar-refractivity contribution < 1.29 is 8.42 Å². The molecule has 2 aromatic rings. The highest BCUT2D eigenvalue weighted by Crippen LogP contribution is 2.22. The van der Waals surface area contributed by atoms with E-state index in [9.17, 15) is 8.42 Å². The average molecular weight is 350 g/mol. The molecule has 2 aromatic heterocycles. The van der Waals surface area contributed by atoms with Crippen molar-refractivity contribution in [2.45, 2.75) is 49.7 Å². The van der Waals surface area contributed by atoms with Crippen LogP contribution in [-0.4, -0.2) is 40.8 Å². The lowest BCUT2D eigenvalue weighted by Gasteiger charge is -2.22. The molecule has 4 heterocycles. The van der Waals surface area contributed by atoms with E-state index in [0.717, 1.165) is 57.6 Å². The molecule has 9 heteroatoms. The number of rotatable bonds is 4. The van der Waals surface area contributed by atoms with Gasteiger partial charge in [-0.1, -0.05) is 0 Å². The van der Waals surface area contributed by atoms with Crippen molar-refractivity contribution in [3.63, 3.8) is 0 Å². The van der Waals surface area contributed by atoms with Gasteiger partial charge in [0.25, 0.3) is 10.0 Å². The van der Waals surface area contributed by atoms with Crippen molar-refractivity contribution in [3.05, 3.63) is 24.4 Å². The largest absolute Gasteiger partial charge is 0.333 e. The Kier molecular flexibility index (Phi) is 4.05. The number of nitrogens with one attached hydrogen (secondary N) is 2. The number of aryl methyl sites for hydroxylation is 2. The number of nitrogens with zero attached hydrogens (tertiary/aromatic N) is 4. The molecule has 0 spiro atoms. The second kappa shape index (κ2) is 6.21. The monoisotopic (exact) mass is 350 g/mol. The van der Waals surface area contributed by atoms with Crippen molar-refractivity contribution in [1.29, 1.82) is 0 Å². The zero-order valence-corrected chi connectivity index (χ0v) is 14.3. The molecule has 1 fully saturated rings. The third-order valence-corrected chi connectivity index (χ3v) is 5.95. The van der Waals surface area contributed by atoms with Gasteiger partial charge in [0.05, 0.1) is 17.9 Å². The predicted molar refractivity (Wildman–Crippen MR) is 89.3 cm³/mol. The third kappa shape index (κ3) is 3.05. The van der Waals surface area contributed by atoms with Crippen LogP contribution in [0.1, 0.15) is 37.5 Å². The molecule has 0 unspecified atom stereocenters. The molecule has 0 saturated carbocycles. The molecule has 130 valence electrons. The van der Waals surface area contributed by atoms with Crippen LogP contribution in [0.25, 0.3) is 0 Å². The molecule has 2 N–H and O–H groups in total. The molecule has 0 radical (unpaired) electrons. The number of sulfonamides is 1. The SMILES string of the molecule is O=S(=O)(Nc1cnn(C2CCNCC2)c1)c1cn2c(n1)CCCC2. The molecular weight excluding hydrogens is 328 g/mol. The summed E-state index contributed by atoms with van der Waals surface area (Å²) in [4.78, 5) is 4.29. The van der Waals surface area contributed by atoms with Gasteiger partial charge in [-0.3, -0.25) is 9.40 Å². The fraction of sp³-hybridized carbons (Fsp3) is 0.600. The topological polar surface area (TPSA) is 93.8 Å². The van der Waals surface area contributed by atoms with Crippen LogP contribution < -0.4 is 10.0 Å². The average Bonchev–Trinajstić information content (AvgIpc) is 3.22. The minimum atomic E-state index is -3.67. The summed E-state index contributed by atoms with van der Waals surface area (Å²) in [5.41, 5.74) is 0.486. The summed E-state index contributed by atoms with van der Waals surface area (Å²) in [7, 11) is -3.67. The van der Waals surface area contributed by atoms with Crippen LogP contribution in [0.5, 0.6) is 0 Å². The molecule has 4 rings (SSSR count). The van der Waals surface area contributed by atoms with Crippen molar-refractivity contribution in [2.75, 3.05) is 17.8 Å². The minimum absolute atomic E-state index is 0.0917. The molecule has 0 bridgehead atoms. The smallest absolute Gasteiger partial charge is 0.281 e. The zero-order chi connectivity index (χ0) is 16.6. The molecule has 0 aromatic carbocycles. The maximum absolute atomic E-state index is 12.6. The maximum atomic E-state index is 12.6. The van der Waals surface area contributed by atoms with Crippen molar-refractivity contribution in [1.82, 2.24) is 24.6 Å². The molecule has 1 saturated heterocycles. The standard InChI is InChI=1S/C15H22N6O2S/c22-24(23,15-11-20-8-2-1-3-14(20)18-15)19-12-9-17-21(10-12)13-4-6-16-7-5-13/h9-11,13,16,19H,1-8H2. The first-order valence-electron chi connectivity index (χ1n) is 8.45. The normalized spacial score (nSPS) is 19.2. The first-order chi connectivity index (χ1) is 11.6. The van der Waals surface area contributed by atoms with Gasteiger partial charge in [0.1, 0.15) is 5.82 Å². The van der Waals surface area contributed by atoms with E-state index in [-0.39, 0.29) is 5.03 Å². The van der Waals surface area contributed by atoms with Gasteiger partial charge in [0.2, 0.25) is 0 Å². The summed E-state index contributed by atoms with van der Waals surface area (Å²) in [6.45, 7) is 2.77. The van der Waals surface area contributed by atoms with Gasteiger partial charge in [-0.2, -0.15) is 13.5 Å². The summed E-state index contributed by atoms with van der Waals surface area (Å²) in [6, 6.07) is 0.324. The molecule has 0 atom stereocenters. The number of piperidine rings is 1. The highest BCUT2D eigenvalue weighted by Gasteiger charge is 2.23. The number of anilines is 1. The highest BCUT2D eigenvalue weighted by atomic mass is 32.2. The third-order valence-electron chi connectivity index (χ3n) is 4.70. The Hall–Kier alpha value is -1.87. The van der Waals surface area contributed by atoms with Crippen molar-refractivity contribution in [2.24, 2.45) is 0 Å². The fourth-order valence-corrected chi connectivity index (χ4v) is 4.40. The van der Waals surface area contributed by atoms with E-state index in [0.29, 0.717) is 11.7 Å². The summed E-state index contributed by atoms with van der Waals surface area (Å²) in [6.07, 6.45) is 9.94. The molecule has 0 amide bonds. The lowest BCUT2D eigenvalue weighted by atomic mass is 10.1. The number of imidazole rings is 1. The number of aromatic nitrogens is 4. The van der Waals surface area contributed by atoms with Crippen LogP contribution in [0.4, 0.5) is 5.69 Å². The van der Waals surface area contributed by atoms with E-state index in [1.54, 1.807) is 18.6 Å². The quantitative estimate of drug-likeness (QED) is 0.862. The van der Waals surface area contributed by atoms with E-state index >= 15 is 0 Å². The summed E-state index contributed by atoms with van der Waals surface area (Å²) >= 11 is 0. The highest BCUT2D eigenvalue weighted by molar-refractivity contribution is 7.92. The second-order valence-electron chi connectivity index (χ2n) is 6.44. The van der Waals surface area contributed by atoms with E-state index in [4.69, 9.17) is 0 Å². The molecule has 24 heavy (non-hydrogen) atoms. The Morgan fingerprint density at radius 3 is 2.83 bits per heavy atom. The molecule has 0 aliphatic carbocycles. The van der Waals surface area contributed by atoms with E-state index in [1.165, 1.54) is 0 Å². The van der Waals surface area contributed by atoms with Crippen molar-refractivity contribution >= 4 is 15.7 Å². The van der Waals surface area contributed by atoms with Gasteiger partial charge in [0.15, 0.2) is 5.03 Å². The Morgan fingerprint density at radius 1 is 1.21 bits per heavy atom. The lowest BCUT2D eigenvalue weighted by molar-refractivity contribution is 0.343. The number of fused-ring (bicyclic) bond motifs is 1. The van der Waals surface area contributed by atoms with Crippen LogP contribution in [0.2, 0.25) is 0 Å². The Balaban J connectivity index is 1.51. The van der Waals surface area contributed by atoms with E-state index < -0.39 is 10.0 Å². The van der Waals surface area contributed by atoms with Crippen LogP contribution in [0.15, 0.2) is 23.6 Å². The van der Waals surface area contributed by atoms with Crippen molar-refractivity contribution in [3.8, 4) is 0 Å². The van der Waals surface area contributed by atoms with Crippen LogP contribution in [-0.2, 0) is 23.0 Å². The number of hydrogen-bond acceptors (Lipinski definition) is 5. The molecule has 2 aliphatic heterocycles. The van der Waals surface area contributed by atoms with Gasteiger partial charge in [0, 0.05) is 25.4 Å². The van der Waals surface area contributed by atoms with E-state index in [1.807, 2.05) is 9.25 Å². The molecule has 8 nitrogen and oxygen atoms in total. The first-order valence-corrected chi connectivity index (χ1v) is 9.94. The Labute approximate surface area is 141 Å². The molecular formula is C15H22N6O2S. The van der Waals surface area contributed by atoms with Crippen LogP contribution >= 0.6 is 0 Å². The predicted octanol–water partition coefficient (Wildman–Crippen LogP) is 1.14. The van der Waals surface area contributed by atoms with Gasteiger partial charge >= 0.3 is 0 Å². The summed E-state index contributed by atoms with van der Waals surface area (Å²) in [5.74, 6) is 0.854. The maximum Gasteiger partial charge on any atom is 0.281 e. The molecule has 2 aliphatic rings. The zero-order valence-electron chi connectivity index (χ0n) is 13.5. The van der Waals surface area contributed by atoms with Crippen LogP contribution in [0.3, 0.4) is 0 Å². The lowest BCUT2D eigenvalue weighted by Crippen LogP contribution is -2.29. The van der Waals surface area contributed by atoms with Gasteiger partial charge in [-0.05, 0) is 38.8 Å². The van der Waals surface area contributed by atoms with E-state index in [2.05, 4.69) is 20.1 Å². The van der Waals surface area contributed by atoms with Gasteiger partial charge in [-0.15, -0.1) is 0 Å². The van der Waals surface area contributed by atoms with Gasteiger partial charge in [-0.25, -0.2) is 4.98 Å². The fourth-order valence-electron chi connectivity index (χ4n) is 3.39. The second-order valence-corrected chi connectivity index (χ2v) is 8.07. The first kappa shape index (κ1) is 15.6. The Morgan fingerprint density at radius 2 is 2.04 bits per heavy atom. The Bertz CT molecular complexity index is 795. The summed E-state index contributed by atoms with van der Waals surface area (Å²) in [5, 5.41) is 7.72. The summed E-state index contributed by atoms with van der Waals surface area (Å²) < 4.78 is 31.5. The van der Waals surface area contributed by atoms with Crippen LogP contribution in [0, 0.1) is 0 Å².